The molecule has 1 aromatic heterocycles. The van der Waals surface area contributed by atoms with E-state index < -0.39 is 23.7 Å². The van der Waals surface area contributed by atoms with E-state index in [-0.39, 0.29) is 25.0 Å². The van der Waals surface area contributed by atoms with Crippen LogP contribution >= 0.6 is 0 Å². The normalized spacial score (nSPS) is 14.7. The summed E-state index contributed by atoms with van der Waals surface area (Å²) in [6.07, 6.45) is 2.73. The molecule has 1 aliphatic rings. The topological polar surface area (TPSA) is 132 Å². The number of hydrogen-bond acceptors (Lipinski definition) is 10. The quantitative estimate of drug-likeness (QED) is 0.340. The Morgan fingerprint density at radius 3 is 2.41 bits per heavy atom. The van der Waals surface area contributed by atoms with Crippen molar-refractivity contribution in [3.8, 4) is 0 Å². The Bertz CT molecular complexity index is 1110. The maximum absolute atomic E-state index is 13.0. The molecule has 1 fully saturated rings. The molecule has 2 heterocycles. The number of methoxy groups -OCH3 is 1. The average molecular weight is 542 g/mol. The van der Waals surface area contributed by atoms with Gasteiger partial charge in [-0.15, -0.1) is 0 Å². The highest BCUT2D eigenvalue weighted by Crippen LogP contribution is 2.28. The van der Waals surface area contributed by atoms with Gasteiger partial charge in [0.05, 0.1) is 13.0 Å². The molecule has 212 valence electrons. The molecule has 0 radical (unpaired) electrons. The van der Waals surface area contributed by atoms with E-state index in [1.165, 1.54) is 13.4 Å². The van der Waals surface area contributed by atoms with Gasteiger partial charge in [-0.1, -0.05) is 37.3 Å². The number of rotatable bonds is 10. The number of esters is 2. The second-order valence-corrected chi connectivity index (χ2v) is 10.3. The Balaban J connectivity index is 1.69. The summed E-state index contributed by atoms with van der Waals surface area (Å²) in [5.74, 6) is 0.452. The smallest absolute Gasteiger partial charge is 0.408 e. The Morgan fingerprint density at radius 1 is 1.10 bits per heavy atom. The Morgan fingerprint density at radius 2 is 1.79 bits per heavy atom. The standard InChI is InChI=1S/C28H39N5O6/c1-6-21-23(30-18-31-24(21)33-14-12-20(13-15-33)25(34)37-5)29-16-22(26(35)39-28(2,3)4)32-27(36)38-17-19-10-8-7-9-11-19/h7-11,18,20,22H,6,12-17H2,1-5H3,(H,32,36)(H,29,30,31). The van der Waals surface area contributed by atoms with E-state index in [1.54, 1.807) is 20.8 Å². The van der Waals surface area contributed by atoms with Gasteiger partial charge in [0.25, 0.3) is 0 Å². The predicted molar refractivity (Wildman–Crippen MR) is 146 cm³/mol. The highest BCUT2D eigenvalue weighted by atomic mass is 16.6. The summed E-state index contributed by atoms with van der Waals surface area (Å²) in [5.41, 5.74) is 0.970. The molecule has 1 unspecified atom stereocenters. The zero-order valence-electron chi connectivity index (χ0n) is 23.4. The van der Waals surface area contributed by atoms with E-state index in [1.807, 2.05) is 37.3 Å². The zero-order valence-corrected chi connectivity index (χ0v) is 23.4. The number of benzene rings is 1. The first-order chi connectivity index (χ1) is 18.6. The number of carbonyl (C=O) groups excluding carboxylic acids is 3. The molecule has 0 spiro atoms. The second-order valence-electron chi connectivity index (χ2n) is 10.3. The highest BCUT2D eigenvalue weighted by Gasteiger charge is 2.30. The number of piperidine rings is 1. The average Bonchev–Trinajstić information content (AvgIpc) is 2.93. The van der Waals surface area contributed by atoms with Gasteiger partial charge in [0.1, 0.15) is 36.2 Å². The SMILES string of the molecule is CCc1c(NCC(NC(=O)OCc2ccccc2)C(=O)OC(C)(C)C)ncnc1N1CCC(C(=O)OC)CC1. The van der Waals surface area contributed by atoms with Crippen LogP contribution in [-0.2, 0) is 36.8 Å². The van der Waals surface area contributed by atoms with Crippen molar-refractivity contribution in [1.29, 1.82) is 0 Å². The Hall–Kier alpha value is -3.89. The maximum Gasteiger partial charge on any atom is 0.408 e. The highest BCUT2D eigenvalue weighted by molar-refractivity contribution is 5.82. The molecular formula is C28H39N5O6. The van der Waals surface area contributed by atoms with Crippen LogP contribution in [0.1, 0.15) is 51.7 Å². The van der Waals surface area contributed by atoms with Crippen molar-refractivity contribution in [2.24, 2.45) is 5.92 Å². The minimum atomic E-state index is -1.02. The summed E-state index contributed by atoms with van der Waals surface area (Å²) in [6, 6.07) is 8.25. The van der Waals surface area contributed by atoms with Gasteiger partial charge >= 0.3 is 18.0 Å². The molecule has 1 amide bonds. The molecule has 3 rings (SSSR count). The third-order valence-electron chi connectivity index (χ3n) is 6.27. The fraction of sp³-hybridized carbons (Fsp3) is 0.536. The van der Waals surface area contributed by atoms with Gasteiger partial charge in [-0.2, -0.15) is 0 Å². The number of nitrogens with zero attached hydrogens (tertiary/aromatic N) is 3. The van der Waals surface area contributed by atoms with Gasteiger partial charge in [-0.3, -0.25) is 4.79 Å². The fourth-order valence-corrected chi connectivity index (χ4v) is 4.32. The molecule has 11 heteroatoms. The van der Waals surface area contributed by atoms with E-state index >= 15 is 0 Å². The third kappa shape index (κ3) is 8.83. The molecule has 1 aliphatic heterocycles. The maximum atomic E-state index is 13.0. The van der Waals surface area contributed by atoms with Crippen molar-refractivity contribution >= 4 is 29.7 Å². The molecular weight excluding hydrogens is 502 g/mol. The lowest BCUT2D eigenvalue weighted by molar-refractivity contribution is -0.157. The summed E-state index contributed by atoms with van der Waals surface area (Å²) in [6.45, 7) is 8.72. The zero-order chi connectivity index (χ0) is 28.4. The number of alkyl carbamates (subject to hydrolysis) is 1. The van der Waals surface area contributed by atoms with Gasteiger partial charge in [-0.05, 0) is 45.6 Å². The van der Waals surface area contributed by atoms with Crippen molar-refractivity contribution < 1.29 is 28.6 Å². The molecule has 1 aromatic carbocycles. The van der Waals surface area contributed by atoms with E-state index in [4.69, 9.17) is 14.2 Å². The van der Waals surface area contributed by atoms with Gasteiger partial charge < -0.3 is 29.7 Å². The number of hydrogen-bond donors (Lipinski definition) is 2. The van der Waals surface area contributed by atoms with Gasteiger partial charge in [0.2, 0.25) is 0 Å². The lowest BCUT2D eigenvalue weighted by Gasteiger charge is -2.33. The number of carbonyl (C=O) groups is 3. The molecule has 2 N–H and O–H groups in total. The van der Waals surface area contributed by atoms with Crippen LogP contribution in [0, 0.1) is 5.92 Å². The fourth-order valence-electron chi connectivity index (χ4n) is 4.32. The molecule has 0 bridgehead atoms. The number of amides is 1. The van der Waals surface area contributed by atoms with Crippen LogP contribution in [0.25, 0.3) is 0 Å². The van der Waals surface area contributed by atoms with Crippen molar-refractivity contribution in [1.82, 2.24) is 15.3 Å². The third-order valence-corrected chi connectivity index (χ3v) is 6.27. The van der Waals surface area contributed by atoms with Gasteiger partial charge in [-0.25, -0.2) is 19.6 Å². The van der Waals surface area contributed by atoms with E-state index in [0.29, 0.717) is 38.2 Å². The summed E-state index contributed by atoms with van der Waals surface area (Å²) in [4.78, 5) is 48.5. The second kappa shape index (κ2) is 13.8. The van der Waals surface area contributed by atoms with Crippen LogP contribution in [0.5, 0.6) is 0 Å². The van der Waals surface area contributed by atoms with Gasteiger partial charge in [0.15, 0.2) is 0 Å². The lowest BCUT2D eigenvalue weighted by atomic mass is 9.96. The van der Waals surface area contributed by atoms with Crippen molar-refractivity contribution in [2.45, 2.75) is 65.2 Å². The first-order valence-electron chi connectivity index (χ1n) is 13.2. The van der Waals surface area contributed by atoms with Crippen LogP contribution in [0.15, 0.2) is 36.7 Å². The first kappa shape index (κ1) is 29.7. The minimum Gasteiger partial charge on any atom is -0.469 e. The minimum absolute atomic E-state index is 0.0310. The van der Waals surface area contributed by atoms with E-state index in [0.717, 1.165) is 16.9 Å². The van der Waals surface area contributed by atoms with Crippen LogP contribution in [0.2, 0.25) is 0 Å². The summed E-state index contributed by atoms with van der Waals surface area (Å²) in [5, 5.41) is 5.82. The largest absolute Gasteiger partial charge is 0.469 e. The summed E-state index contributed by atoms with van der Waals surface area (Å²) >= 11 is 0. The molecule has 0 aliphatic carbocycles. The Labute approximate surface area is 229 Å². The molecule has 0 saturated carbocycles. The molecule has 39 heavy (non-hydrogen) atoms. The van der Waals surface area contributed by atoms with E-state index in [2.05, 4.69) is 25.5 Å². The Kier molecular flexibility index (Phi) is 10.5. The number of ether oxygens (including phenoxy) is 3. The number of anilines is 2. The predicted octanol–water partition coefficient (Wildman–Crippen LogP) is 3.48. The van der Waals surface area contributed by atoms with Crippen molar-refractivity contribution in [2.75, 3.05) is 37.0 Å². The summed E-state index contributed by atoms with van der Waals surface area (Å²) in [7, 11) is 1.41. The molecule has 2 aromatic rings. The van der Waals surface area contributed by atoms with Gasteiger partial charge in [0, 0.05) is 25.2 Å². The molecule has 11 nitrogen and oxygen atoms in total. The van der Waals surface area contributed by atoms with Crippen LogP contribution in [-0.4, -0.2) is 66.4 Å². The van der Waals surface area contributed by atoms with Crippen LogP contribution in [0.3, 0.4) is 0 Å². The van der Waals surface area contributed by atoms with Crippen molar-refractivity contribution in [3.05, 3.63) is 47.8 Å². The van der Waals surface area contributed by atoms with E-state index in [9.17, 15) is 14.4 Å². The monoisotopic (exact) mass is 541 g/mol. The lowest BCUT2D eigenvalue weighted by Crippen LogP contribution is -2.48. The first-order valence-corrected chi connectivity index (χ1v) is 13.2. The van der Waals surface area contributed by atoms with Crippen LogP contribution < -0.4 is 15.5 Å². The van der Waals surface area contributed by atoms with Crippen molar-refractivity contribution in [3.63, 3.8) is 0 Å². The van der Waals surface area contributed by atoms with Crippen LogP contribution in [0.4, 0.5) is 16.4 Å². The number of nitrogens with one attached hydrogen (secondary N) is 2. The number of aromatic nitrogens is 2. The summed E-state index contributed by atoms with van der Waals surface area (Å²) < 4.78 is 15.7. The molecule has 1 saturated heterocycles. The molecule has 1 atom stereocenters.